The van der Waals surface area contributed by atoms with Crippen molar-refractivity contribution in [3.05, 3.63) is 72.9 Å². The number of ether oxygens (including phenoxy) is 1. The number of aliphatic hydroxyl groups excluding tert-OH is 2. The number of hydrogen-bond donors (Lipinski definition) is 3. The maximum absolute atomic E-state index is 13.3. The molecule has 0 heterocycles. The maximum Gasteiger partial charge on any atom is 0.306 e. The molecule has 0 radical (unpaired) electrons. The number of rotatable bonds is 51. The molecule has 0 spiro atoms. The summed E-state index contributed by atoms with van der Waals surface area (Å²) in [4.78, 5) is 26.2. The molecule has 0 saturated heterocycles. The Bertz CT molecular complexity index is 1230. The predicted octanol–water partition coefficient (Wildman–Crippen LogP) is 17.7. The van der Waals surface area contributed by atoms with Crippen molar-refractivity contribution < 1.29 is 24.5 Å². The fraction of sp³-hybridized carbons (Fsp3) is 0.770. The molecule has 6 heteroatoms. The highest BCUT2D eigenvalue weighted by molar-refractivity contribution is 5.77. The van der Waals surface area contributed by atoms with Gasteiger partial charge in [-0.1, -0.05) is 254 Å². The molecule has 3 N–H and O–H groups in total. The summed E-state index contributed by atoms with van der Waals surface area (Å²) in [5, 5.41) is 23.9. The lowest BCUT2D eigenvalue weighted by Gasteiger charge is -2.24. The molecule has 1 amide bonds. The van der Waals surface area contributed by atoms with Crippen LogP contribution in [0.4, 0.5) is 0 Å². The minimum Gasteiger partial charge on any atom is -0.462 e. The Labute approximate surface area is 415 Å². The van der Waals surface area contributed by atoms with E-state index in [2.05, 4.69) is 92.9 Å². The van der Waals surface area contributed by atoms with Crippen LogP contribution in [0.5, 0.6) is 0 Å². The van der Waals surface area contributed by atoms with Crippen molar-refractivity contribution in [1.29, 1.82) is 0 Å². The van der Waals surface area contributed by atoms with Crippen molar-refractivity contribution in [2.75, 3.05) is 6.61 Å². The smallest absolute Gasteiger partial charge is 0.306 e. The summed E-state index contributed by atoms with van der Waals surface area (Å²) in [6.07, 6.45) is 69.7. The molecule has 67 heavy (non-hydrogen) atoms. The molecule has 6 nitrogen and oxygen atoms in total. The third-order valence-corrected chi connectivity index (χ3v) is 12.8. The van der Waals surface area contributed by atoms with Gasteiger partial charge < -0.3 is 20.3 Å². The van der Waals surface area contributed by atoms with Crippen LogP contribution in [0.2, 0.25) is 0 Å². The van der Waals surface area contributed by atoms with E-state index < -0.39 is 18.2 Å². The highest BCUT2D eigenvalue weighted by Gasteiger charge is 2.24. The van der Waals surface area contributed by atoms with Gasteiger partial charge in [-0.2, -0.15) is 0 Å². The summed E-state index contributed by atoms with van der Waals surface area (Å²) in [6, 6.07) is -0.721. The van der Waals surface area contributed by atoms with Gasteiger partial charge in [0.1, 0.15) is 6.10 Å². The molecule has 0 aliphatic carbocycles. The lowest BCUT2D eigenvalue weighted by molar-refractivity contribution is -0.150. The van der Waals surface area contributed by atoms with Gasteiger partial charge in [-0.25, -0.2) is 0 Å². The number of carbonyl (C=O) groups is 2. The molecule has 3 unspecified atom stereocenters. The fourth-order valence-electron chi connectivity index (χ4n) is 8.48. The molecule has 0 fully saturated rings. The van der Waals surface area contributed by atoms with Gasteiger partial charge in [0.2, 0.25) is 5.91 Å². The number of allylic oxidation sites excluding steroid dienone is 12. The molecule has 0 aromatic carbocycles. The second kappa shape index (κ2) is 54.2. The standard InChI is InChI=1S/C61H109NO5/c1-4-7-10-13-16-19-22-25-28-30-32-34-37-40-43-46-49-52-57(67-61(66)54-51-48-45-42-39-36-33-29-26-23-20-17-14-11-8-5-2)55-60(65)62-58(56-63)59(64)53-50-47-44-41-38-35-31-27-24-21-18-15-12-9-6-3/h8,11,17,20,25-26,28-29,36,39,45,48,57-59,63-64H,4-7,9-10,12-16,18-19,21-24,27,30-35,37-38,40-44,46-47,49-56H2,1-3H3,(H,62,65)/b11-8+,20-17+,28-25+,29-26+,39-36+,48-45+. The van der Waals surface area contributed by atoms with Crippen molar-refractivity contribution in [3.8, 4) is 0 Å². The molecule has 388 valence electrons. The van der Waals surface area contributed by atoms with E-state index in [1.54, 1.807) is 0 Å². The third kappa shape index (κ3) is 49.5. The second-order valence-electron chi connectivity index (χ2n) is 19.3. The number of hydrogen-bond acceptors (Lipinski definition) is 5. The molecule has 0 aromatic rings. The van der Waals surface area contributed by atoms with Crippen molar-refractivity contribution in [2.45, 2.75) is 296 Å². The van der Waals surface area contributed by atoms with E-state index >= 15 is 0 Å². The van der Waals surface area contributed by atoms with Crippen molar-refractivity contribution >= 4 is 11.9 Å². The van der Waals surface area contributed by atoms with Gasteiger partial charge in [0.15, 0.2) is 0 Å². The summed E-state index contributed by atoms with van der Waals surface area (Å²) in [6.45, 7) is 6.37. The van der Waals surface area contributed by atoms with Crippen LogP contribution in [-0.2, 0) is 14.3 Å². The number of esters is 1. The van der Waals surface area contributed by atoms with E-state index in [9.17, 15) is 19.8 Å². The molecule has 0 rings (SSSR count). The topological polar surface area (TPSA) is 95.9 Å². The molecule has 0 bridgehead atoms. The zero-order valence-corrected chi connectivity index (χ0v) is 44.3. The minimum absolute atomic E-state index is 0.0436. The van der Waals surface area contributed by atoms with Crippen LogP contribution in [0, 0.1) is 0 Å². The van der Waals surface area contributed by atoms with Gasteiger partial charge in [0.25, 0.3) is 0 Å². The maximum atomic E-state index is 13.3. The van der Waals surface area contributed by atoms with Gasteiger partial charge in [-0.05, 0) is 83.5 Å². The SMILES string of the molecule is CC/C=C/C/C=C/C/C=C/C/C=C/C/C=C/CCC(=O)OC(CCCCCCCCC/C=C/CCCCCCCC)CC(=O)NC(CO)C(O)CCCCCCCCCCCCCCCCC. The van der Waals surface area contributed by atoms with Crippen molar-refractivity contribution in [2.24, 2.45) is 0 Å². The van der Waals surface area contributed by atoms with Crippen LogP contribution in [0.25, 0.3) is 0 Å². The van der Waals surface area contributed by atoms with Crippen LogP contribution >= 0.6 is 0 Å². The molecule has 0 saturated carbocycles. The monoisotopic (exact) mass is 936 g/mol. The average molecular weight is 937 g/mol. The highest BCUT2D eigenvalue weighted by Crippen LogP contribution is 2.18. The van der Waals surface area contributed by atoms with E-state index in [1.165, 1.54) is 154 Å². The normalized spacial score (nSPS) is 13.7. The Morgan fingerprint density at radius 1 is 0.448 bits per heavy atom. The largest absolute Gasteiger partial charge is 0.462 e. The summed E-state index contributed by atoms with van der Waals surface area (Å²) in [5.41, 5.74) is 0. The first-order valence-electron chi connectivity index (χ1n) is 28.7. The Hall–Kier alpha value is -2.70. The molecular formula is C61H109NO5. The zero-order chi connectivity index (χ0) is 48.8. The Morgan fingerprint density at radius 2 is 0.806 bits per heavy atom. The quantitative estimate of drug-likeness (QED) is 0.0321. The first-order valence-corrected chi connectivity index (χ1v) is 28.7. The van der Waals surface area contributed by atoms with E-state index in [4.69, 9.17) is 4.74 Å². The van der Waals surface area contributed by atoms with Crippen molar-refractivity contribution in [3.63, 3.8) is 0 Å². The molecule has 0 aliphatic heterocycles. The number of unbranched alkanes of at least 4 members (excludes halogenated alkanes) is 27. The van der Waals surface area contributed by atoms with E-state index in [0.717, 1.165) is 70.6 Å². The molecule has 0 aliphatic rings. The first kappa shape index (κ1) is 64.3. The predicted molar refractivity (Wildman–Crippen MR) is 291 cm³/mol. The van der Waals surface area contributed by atoms with Gasteiger partial charge >= 0.3 is 5.97 Å². The molecule has 0 aromatic heterocycles. The van der Waals surface area contributed by atoms with Gasteiger partial charge in [-0.15, -0.1) is 0 Å². The van der Waals surface area contributed by atoms with Crippen LogP contribution in [0.15, 0.2) is 72.9 Å². The molecular weight excluding hydrogens is 827 g/mol. The number of nitrogens with one attached hydrogen (secondary N) is 1. The Balaban J connectivity index is 4.67. The third-order valence-electron chi connectivity index (χ3n) is 12.8. The summed E-state index contributed by atoms with van der Waals surface area (Å²) in [7, 11) is 0. The lowest BCUT2D eigenvalue weighted by Crippen LogP contribution is -2.46. The molecule has 3 atom stereocenters. The van der Waals surface area contributed by atoms with Gasteiger partial charge in [0.05, 0.1) is 25.2 Å². The number of aliphatic hydroxyl groups is 2. The number of carbonyl (C=O) groups excluding carboxylic acids is 2. The lowest BCUT2D eigenvalue weighted by atomic mass is 10.0. The summed E-state index contributed by atoms with van der Waals surface area (Å²) in [5.74, 6) is -0.572. The van der Waals surface area contributed by atoms with E-state index in [-0.39, 0.29) is 31.3 Å². The second-order valence-corrected chi connectivity index (χ2v) is 19.3. The summed E-state index contributed by atoms with van der Waals surface area (Å²) >= 11 is 0. The van der Waals surface area contributed by atoms with Crippen LogP contribution in [-0.4, -0.2) is 46.9 Å². The number of amides is 1. The van der Waals surface area contributed by atoms with Gasteiger partial charge in [-0.3, -0.25) is 9.59 Å². The van der Waals surface area contributed by atoms with E-state index in [1.807, 2.05) is 6.08 Å². The Morgan fingerprint density at radius 3 is 1.22 bits per heavy atom. The highest BCUT2D eigenvalue weighted by atomic mass is 16.5. The average Bonchev–Trinajstić information content (AvgIpc) is 3.32. The zero-order valence-electron chi connectivity index (χ0n) is 44.3. The van der Waals surface area contributed by atoms with Crippen molar-refractivity contribution in [1.82, 2.24) is 5.32 Å². The minimum atomic E-state index is -0.804. The van der Waals surface area contributed by atoms with Crippen LogP contribution < -0.4 is 5.32 Å². The fourth-order valence-corrected chi connectivity index (χ4v) is 8.48. The van der Waals surface area contributed by atoms with Crippen LogP contribution in [0.1, 0.15) is 278 Å². The first-order chi connectivity index (χ1) is 33.0. The van der Waals surface area contributed by atoms with Crippen LogP contribution in [0.3, 0.4) is 0 Å². The Kier molecular flexibility index (Phi) is 52.1. The van der Waals surface area contributed by atoms with Gasteiger partial charge in [0, 0.05) is 6.42 Å². The van der Waals surface area contributed by atoms with E-state index in [0.29, 0.717) is 19.3 Å². The summed E-state index contributed by atoms with van der Waals surface area (Å²) < 4.78 is 5.92.